The first kappa shape index (κ1) is 17.9. The Kier molecular flexibility index (Phi) is 4.76. The van der Waals surface area contributed by atoms with Crippen molar-refractivity contribution in [3.8, 4) is 5.75 Å². The van der Waals surface area contributed by atoms with Crippen LogP contribution < -0.4 is 4.74 Å². The van der Waals surface area contributed by atoms with Crippen LogP contribution in [0, 0.1) is 0 Å². The minimum Gasteiger partial charge on any atom is -0.493 e. The Morgan fingerprint density at radius 2 is 2.07 bits per heavy atom. The minimum atomic E-state index is 0.108. The predicted molar refractivity (Wildman–Crippen MR) is 109 cm³/mol. The van der Waals surface area contributed by atoms with E-state index in [-0.39, 0.29) is 11.8 Å². The molecule has 0 aliphatic carbocycles. The maximum Gasteiger partial charge on any atom is 0.253 e. The van der Waals surface area contributed by atoms with Gasteiger partial charge in [0.1, 0.15) is 11.6 Å². The average Bonchev–Trinajstić information content (AvgIpc) is 3.43. The summed E-state index contributed by atoms with van der Waals surface area (Å²) in [6, 6.07) is 9.87. The molecule has 1 fully saturated rings. The van der Waals surface area contributed by atoms with Gasteiger partial charge in [0, 0.05) is 62.3 Å². The van der Waals surface area contributed by atoms with Crippen molar-refractivity contribution < 1.29 is 9.53 Å². The van der Waals surface area contributed by atoms with E-state index >= 15 is 0 Å². The Morgan fingerprint density at radius 3 is 2.97 bits per heavy atom. The van der Waals surface area contributed by atoms with Gasteiger partial charge >= 0.3 is 0 Å². The van der Waals surface area contributed by atoms with E-state index in [0.717, 1.165) is 55.1 Å². The Hall–Kier alpha value is -3.15. The number of hydrogen-bond donors (Lipinski definition) is 0. The number of imidazole rings is 1. The van der Waals surface area contributed by atoms with Crippen molar-refractivity contribution in [2.45, 2.75) is 31.7 Å². The van der Waals surface area contributed by atoms with Crippen molar-refractivity contribution in [3.05, 3.63) is 77.6 Å². The third-order valence-corrected chi connectivity index (χ3v) is 5.86. The monoisotopic (exact) mass is 388 g/mol. The van der Waals surface area contributed by atoms with E-state index in [1.165, 1.54) is 5.56 Å². The lowest BCUT2D eigenvalue weighted by Gasteiger charge is -2.33. The van der Waals surface area contributed by atoms with E-state index in [1.807, 2.05) is 60.0 Å². The molecular formula is C23H24N4O2. The molecule has 0 bridgehead atoms. The number of pyridine rings is 1. The number of likely N-dealkylation sites (tertiary alicyclic amines) is 1. The van der Waals surface area contributed by atoms with Crippen LogP contribution in [0.2, 0.25) is 0 Å². The quantitative estimate of drug-likeness (QED) is 0.688. The number of amides is 1. The lowest BCUT2D eigenvalue weighted by Crippen LogP contribution is -2.39. The van der Waals surface area contributed by atoms with Gasteiger partial charge in [-0.05, 0) is 54.3 Å². The number of rotatable bonds is 4. The molecular weight excluding hydrogens is 364 g/mol. The molecule has 148 valence electrons. The Morgan fingerprint density at radius 1 is 1.17 bits per heavy atom. The molecule has 0 spiro atoms. The number of carbonyl (C=O) groups is 1. The molecule has 2 aromatic heterocycles. The SMILES string of the molecule is O=C(c1ccc2c(c1)CCO2)N1CCCC(c2nccn2Cc2ccncc2)C1. The van der Waals surface area contributed by atoms with Gasteiger partial charge < -0.3 is 14.2 Å². The number of benzene rings is 1. The highest BCUT2D eigenvalue weighted by molar-refractivity contribution is 5.94. The fourth-order valence-corrected chi connectivity index (χ4v) is 4.37. The summed E-state index contributed by atoms with van der Waals surface area (Å²) in [5, 5.41) is 0. The van der Waals surface area contributed by atoms with Gasteiger partial charge in [0.25, 0.3) is 5.91 Å². The van der Waals surface area contributed by atoms with E-state index in [0.29, 0.717) is 13.2 Å². The molecule has 1 saturated heterocycles. The molecule has 0 N–H and O–H groups in total. The van der Waals surface area contributed by atoms with Crippen LogP contribution in [0.3, 0.4) is 0 Å². The number of fused-ring (bicyclic) bond motifs is 1. The molecule has 1 aromatic carbocycles. The van der Waals surface area contributed by atoms with E-state index < -0.39 is 0 Å². The molecule has 1 unspecified atom stereocenters. The van der Waals surface area contributed by atoms with E-state index in [1.54, 1.807) is 0 Å². The molecule has 1 atom stereocenters. The topological polar surface area (TPSA) is 60.2 Å². The maximum absolute atomic E-state index is 13.1. The molecule has 2 aliphatic rings. The second-order valence-corrected chi connectivity index (χ2v) is 7.78. The number of aromatic nitrogens is 3. The van der Waals surface area contributed by atoms with E-state index in [4.69, 9.17) is 4.74 Å². The zero-order valence-electron chi connectivity index (χ0n) is 16.3. The summed E-state index contributed by atoms with van der Waals surface area (Å²) in [6.45, 7) is 2.99. The minimum absolute atomic E-state index is 0.108. The first-order valence-electron chi connectivity index (χ1n) is 10.2. The van der Waals surface area contributed by atoms with Crippen LogP contribution in [0.15, 0.2) is 55.1 Å². The largest absolute Gasteiger partial charge is 0.493 e. The van der Waals surface area contributed by atoms with Gasteiger partial charge in [-0.2, -0.15) is 0 Å². The van der Waals surface area contributed by atoms with Gasteiger partial charge in [-0.3, -0.25) is 9.78 Å². The predicted octanol–water partition coefficient (Wildman–Crippen LogP) is 3.28. The summed E-state index contributed by atoms with van der Waals surface area (Å²) in [5.41, 5.74) is 3.09. The summed E-state index contributed by atoms with van der Waals surface area (Å²) in [7, 11) is 0. The second-order valence-electron chi connectivity index (χ2n) is 7.78. The van der Waals surface area contributed by atoms with Crippen LogP contribution in [-0.4, -0.2) is 45.0 Å². The third kappa shape index (κ3) is 3.62. The number of carbonyl (C=O) groups excluding carboxylic acids is 1. The zero-order valence-corrected chi connectivity index (χ0v) is 16.3. The lowest BCUT2D eigenvalue weighted by atomic mass is 9.96. The lowest BCUT2D eigenvalue weighted by molar-refractivity contribution is 0.0703. The maximum atomic E-state index is 13.1. The highest BCUT2D eigenvalue weighted by Crippen LogP contribution is 2.29. The standard InChI is InChI=1S/C23H24N4O2/c28-23(19-3-4-21-18(14-19)7-13-29-21)27-11-1-2-20(16-27)22-25-10-12-26(22)15-17-5-8-24-9-6-17/h3-6,8-10,12,14,20H,1-2,7,11,13,15-16H2. The van der Waals surface area contributed by atoms with Crippen LogP contribution in [-0.2, 0) is 13.0 Å². The van der Waals surface area contributed by atoms with Crippen molar-refractivity contribution in [2.24, 2.45) is 0 Å². The highest BCUT2D eigenvalue weighted by Gasteiger charge is 2.28. The van der Waals surface area contributed by atoms with Crippen LogP contribution in [0.25, 0.3) is 0 Å². The van der Waals surface area contributed by atoms with Crippen LogP contribution >= 0.6 is 0 Å². The van der Waals surface area contributed by atoms with Gasteiger partial charge in [0.15, 0.2) is 0 Å². The first-order valence-corrected chi connectivity index (χ1v) is 10.2. The van der Waals surface area contributed by atoms with Crippen LogP contribution in [0.1, 0.15) is 46.1 Å². The van der Waals surface area contributed by atoms with Gasteiger partial charge in [0.2, 0.25) is 0 Å². The molecule has 3 aromatic rings. The average molecular weight is 388 g/mol. The Balaban J connectivity index is 1.32. The van der Waals surface area contributed by atoms with Gasteiger partial charge in [-0.1, -0.05) is 0 Å². The molecule has 6 heteroatoms. The summed E-state index contributed by atoms with van der Waals surface area (Å²) in [4.78, 5) is 23.9. The molecule has 1 amide bonds. The number of hydrogen-bond acceptors (Lipinski definition) is 4. The normalized spacial score (nSPS) is 18.3. The molecule has 6 nitrogen and oxygen atoms in total. The first-order chi connectivity index (χ1) is 14.3. The van der Waals surface area contributed by atoms with Gasteiger partial charge in [0.05, 0.1) is 6.61 Å². The molecule has 4 heterocycles. The van der Waals surface area contributed by atoms with Crippen molar-refractivity contribution in [1.29, 1.82) is 0 Å². The second kappa shape index (κ2) is 7.70. The van der Waals surface area contributed by atoms with Crippen molar-refractivity contribution in [1.82, 2.24) is 19.4 Å². The smallest absolute Gasteiger partial charge is 0.253 e. The van der Waals surface area contributed by atoms with Gasteiger partial charge in [-0.25, -0.2) is 4.98 Å². The fourth-order valence-electron chi connectivity index (χ4n) is 4.37. The molecule has 0 saturated carbocycles. The summed E-state index contributed by atoms with van der Waals surface area (Å²) >= 11 is 0. The molecule has 0 radical (unpaired) electrons. The highest BCUT2D eigenvalue weighted by atomic mass is 16.5. The Labute approximate surface area is 170 Å². The zero-order chi connectivity index (χ0) is 19.6. The van der Waals surface area contributed by atoms with Gasteiger partial charge in [-0.15, -0.1) is 0 Å². The van der Waals surface area contributed by atoms with Crippen molar-refractivity contribution in [3.63, 3.8) is 0 Å². The third-order valence-electron chi connectivity index (χ3n) is 5.86. The summed E-state index contributed by atoms with van der Waals surface area (Å²) < 4.78 is 7.76. The fraction of sp³-hybridized carbons (Fsp3) is 0.348. The van der Waals surface area contributed by atoms with Crippen molar-refractivity contribution >= 4 is 5.91 Å². The summed E-state index contributed by atoms with van der Waals surface area (Å²) in [5.74, 6) is 2.33. The molecule has 29 heavy (non-hydrogen) atoms. The van der Waals surface area contributed by atoms with Crippen LogP contribution in [0.4, 0.5) is 0 Å². The Bertz CT molecular complexity index is 1010. The summed E-state index contributed by atoms with van der Waals surface area (Å²) in [6.07, 6.45) is 10.4. The van der Waals surface area contributed by atoms with Crippen molar-refractivity contribution in [2.75, 3.05) is 19.7 Å². The number of piperidine rings is 1. The molecule has 2 aliphatic heterocycles. The number of ether oxygens (including phenoxy) is 1. The molecule has 5 rings (SSSR count). The number of nitrogens with zero attached hydrogens (tertiary/aromatic N) is 4. The van der Waals surface area contributed by atoms with E-state index in [9.17, 15) is 4.79 Å². The van der Waals surface area contributed by atoms with E-state index in [2.05, 4.69) is 14.5 Å². The van der Waals surface area contributed by atoms with Crippen LogP contribution in [0.5, 0.6) is 5.75 Å².